The van der Waals surface area contributed by atoms with E-state index in [2.05, 4.69) is 10.1 Å². The van der Waals surface area contributed by atoms with Crippen molar-refractivity contribution in [2.75, 3.05) is 13.1 Å². The lowest BCUT2D eigenvalue weighted by molar-refractivity contribution is -0.138. The number of aromatic nitrogens is 2. The van der Waals surface area contributed by atoms with Crippen LogP contribution in [0.2, 0.25) is 0 Å². The number of hydrogen-bond acceptors (Lipinski definition) is 5. The molecule has 6 heteroatoms. The zero-order valence-corrected chi connectivity index (χ0v) is 14.6. The predicted molar refractivity (Wildman–Crippen MR) is 89.5 cm³/mol. The summed E-state index contributed by atoms with van der Waals surface area (Å²) in [6.45, 7) is 8.96. The Bertz CT molecular complexity index is 733. The molecule has 1 amide bonds. The number of likely N-dealkylation sites (tertiary alicyclic amines) is 1. The van der Waals surface area contributed by atoms with Crippen molar-refractivity contribution in [3.8, 4) is 17.1 Å². The van der Waals surface area contributed by atoms with E-state index in [1.165, 1.54) is 0 Å². The first-order valence-corrected chi connectivity index (χ1v) is 8.20. The van der Waals surface area contributed by atoms with Crippen molar-refractivity contribution in [1.82, 2.24) is 15.0 Å². The first-order chi connectivity index (χ1) is 11.3. The van der Waals surface area contributed by atoms with E-state index in [-0.39, 0.29) is 17.4 Å². The molecule has 3 rings (SSSR count). The van der Waals surface area contributed by atoms with Crippen LogP contribution in [-0.4, -0.2) is 40.1 Å². The van der Waals surface area contributed by atoms with Gasteiger partial charge in [-0.1, -0.05) is 38.1 Å². The molecule has 0 spiro atoms. The Labute approximate surface area is 141 Å². The Kier molecular flexibility index (Phi) is 4.30. The summed E-state index contributed by atoms with van der Waals surface area (Å²) in [4.78, 5) is 18.5. The number of benzene rings is 1. The molecule has 1 atom stereocenters. The van der Waals surface area contributed by atoms with Gasteiger partial charge < -0.3 is 14.2 Å². The van der Waals surface area contributed by atoms with Crippen molar-refractivity contribution in [3.05, 3.63) is 30.2 Å². The number of carbonyl (C=O) groups is 1. The van der Waals surface area contributed by atoms with Crippen LogP contribution in [-0.2, 0) is 4.79 Å². The molecule has 0 saturated carbocycles. The highest BCUT2D eigenvalue weighted by Crippen LogP contribution is 2.26. The fraction of sp³-hybridized carbons (Fsp3) is 0.500. The van der Waals surface area contributed by atoms with Crippen LogP contribution in [0.15, 0.2) is 28.8 Å². The molecular weight excluding hydrogens is 306 g/mol. The maximum atomic E-state index is 12.3. The minimum Gasteiger partial charge on any atom is -0.488 e. The Balaban J connectivity index is 1.66. The highest BCUT2D eigenvalue weighted by atomic mass is 16.5. The van der Waals surface area contributed by atoms with Gasteiger partial charge in [-0.05, 0) is 12.1 Å². The summed E-state index contributed by atoms with van der Waals surface area (Å²) in [5, 5.41) is 3.93. The Morgan fingerprint density at radius 2 is 2.17 bits per heavy atom. The molecule has 2 heterocycles. The normalized spacial score (nSPS) is 18.0. The molecule has 0 bridgehead atoms. The van der Waals surface area contributed by atoms with Crippen LogP contribution < -0.4 is 4.74 Å². The summed E-state index contributed by atoms with van der Waals surface area (Å²) in [5.74, 6) is 2.01. The molecule has 1 fully saturated rings. The fourth-order valence-corrected chi connectivity index (χ4v) is 2.80. The second-order valence-electron chi connectivity index (χ2n) is 7.19. The van der Waals surface area contributed by atoms with E-state index in [0.29, 0.717) is 18.3 Å². The Morgan fingerprint density at radius 3 is 2.83 bits per heavy atom. The Hall–Kier alpha value is -2.37. The summed E-state index contributed by atoms with van der Waals surface area (Å²) in [6.07, 6.45) is 0.853. The molecular formula is C18H23N3O3. The van der Waals surface area contributed by atoms with Crippen molar-refractivity contribution >= 4 is 5.91 Å². The first-order valence-electron chi connectivity index (χ1n) is 8.20. The smallest absolute Gasteiger partial charge is 0.228 e. The Morgan fingerprint density at radius 1 is 1.38 bits per heavy atom. The summed E-state index contributed by atoms with van der Waals surface area (Å²) < 4.78 is 11.1. The van der Waals surface area contributed by atoms with Gasteiger partial charge in [0, 0.05) is 30.9 Å². The van der Waals surface area contributed by atoms with Gasteiger partial charge in [0.25, 0.3) is 0 Å². The number of amides is 1. The van der Waals surface area contributed by atoms with Gasteiger partial charge >= 0.3 is 0 Å². The molecule has 1 aromatic heterocycles. The van der Waals surface area contributed by atoms with Gasteiger partial charge in [-0.2, -0.15) is 4.98 Å². The highest BCUT2D eigenvalue weighted by Gasteiger charge is 2.33. The lowest BCUT2D eigenvalue weighted by Gasteiger charge is -2.25. The zero-order chi connectivity index (χ0) is 17.3. The average molecular weight is 329 g/mol. The minimum absolute atomic E-state index is 0.0126. The molecule has 1 aromatic carbocycles. The molecule has 0 radical (unpaired) electrons. The molecule has 24 heavy (non-hydrogen) atoms. The van der Waals surface area contributed by atoms with Crippen LogP contribution in [0.25, 0.3) is 11.4 Å². The van der Waals surface area contributed by atoms with Crippen molar-refractivity contribution in [3.63, 3.8) is 0 Å². The first kappa shape index (κ1) is 16.5. The molecule has 1 unspecified atom stereocenters. The van der Waals surface area contributed by atoms with Crippen LogP contribution >= 0.6 is 0 Å². The van der Waals surface area contributed by atoms with Crippen LogP contribution in [0, 0.1) is 12.3 Å². The SMILES string of the molecule is Cc1nc(-c2cccc(OC3CCN(C(=O)C(C)(C)C)C3)c2)no1. The number of hydrogen-bond donors (Lipinski definition) is 0. The third kappa shape index (κ3) is 3.58. The van der Waals surface area contributed by atoms with Gasteiger partial charge in [-0.15, -0.1) is 0 Å². The molecule has 2 aromatic rings. The number of rotatable bonds is 3. The second-order valence-corrected chi connectivity index (χ2v) is 7.19. The lowest BCUT2D eigenvalue weighted by Crippen LogP contribution is -2.38. The maximum absolute atomic E-state index is 12.3. The molecule has 1 aliphatic heterocycles. The van der Waals surface area contributed by atoms with E-state index in [0.717, 1.165) is 24.3 Å². The van der Waals surface area contributed by atoms with Crippen molar-refractivity contribution < 1.29 is 14.1 Å². The van der Waals surface area contributed by atoms with E-state index < -0.39 is 0 Å². The van der Waals surface area contributed by atoms with Crippen molar-refractivity contribution in [2.24, 2.45) is 5.41 Å². The third-order valence-electron chi connectivity index (χ3n) is 4.00. The highest BCUT2D eigenvalue weighted by molar-refractivity contribution is 5.81. The van der Waals surface area contributed by atoms with E-state index in [9.17, 15) is 4.79 Å². The number of carbonyl (C=O) groups excluding carboxylic acids is 1. The maximum Gasteiger partial charge on any atom is 0.228 e. The van der Waals surface area contributed by atoms with Gasteiger partial charge in [0.05, 0.1) is 6.54 Å². The topological polar surface area (TPSA) is 68.5 Å². The lowest BCUT2D eigenvalue weighted by atomic mass is 9.95. The second kappa shape index (κ2) is 6.26. The molecule has 1 saturated heterocycles. The van der Waals surface area contributed by atoms with Gasteiger partial charge in [0.2, 0.25) is 17.6 Å². The molecule has 128 valence electrons. The van der Waals surface area contributed by atoms with Crippen LogP contribution in [0.1, 0.15) is 33.1 Å². The monoisotopic (exact) mass is 329 g/mol. The summed E-state index contributed by atoms with van der Waals surface area (Å²) in [5.41, 5.74) is 0.496. The average Bonchev–Trinajstić information content (AvgIpc) is 3.15. The van der Waals surface area contributed by atoms with E-state index in [4.69, 9.17) is 9.26 Å². The number of nitrogens with zero attached hydrogens (tertiary/aromatic N) is 3. The molecule has 0 aliphatic carbocycles. The zero-order valence-electron chi connectivity index (χ0n) is 14.6. The van der Waals surface area contributed by atoms with Gasteiger partial charge in [-0.25, -0.2) is 0 Å². The number of aryl methyl sites for hydroxylation is 1. The third-order valence-corrected chi connectivity index (χ3v) is 4.00. The van der Waals surface area contributed by atoms with E-state index in [1.807, 2.05) is 49.9 Å². The van der Waals surface area contributed by atoms with Crippen LogP contribution in [0.5, 0.6) is 5.75 Å². The fourth-order valence-electron chi connectivity index (χ4n) is 2.80. The number of ether oxygens (including phenoxy) is 1. The van der Waals surface area contributed by atoms with Crippen molar-refractivity contribution in [2.45, 2.75) is 40.2 Å². The van der Waals surface area contributed by atoms with Gasteiger partial charge in [-0.3, -0.25) is 4.79 Å². The van der Waals surface area contributed by atoms with Crippen LogP contribution in [0.3, 0.4) is 0 Å². The summed E-state index contributed by atoms with van der Waals surface area (Å²) in [7, 11) is 0. The molecule has 0 N–H and O–H groups in total. The summed E-state index contributed by atoms with van der Waals surface area (Å²) >= 11 is 0. The largest absolute Gasteiger partial charge is 0.488 e. The van der Waals surface area contributed by atoms with Crippen molar-refractivity contribution in [1.29, 1.82) is 0 Å². The molecule has 1 aliphatic rings. The quantitative estimate of drug-likeness (QED) is 0.865. The van der Waals surface area contributed by atoms with Crippen LogP contribution in [0.4, 0.5) is 0 Å². The van der Waals surface area contributed by atoms with Gasteiger partial charge in [0.1, 0.15) is 11.9 Å². The van der Waals surface area contributed by atoms with Gasteiger partial charge in [0.15, 0.2) is 0 Å². The van der Waals surface area contributed by atoms with E-state index in [1.54, 1.807) is 6.92 Å². The molecule has 6 nitrogen and oxygen atoms in total. The minimum atomic E-state index is -0.356. The standard InChI is InChI=1S/C18H23N3O3/c1-12-19-16(20-24-12)13-6-5-7-14(10-13)23-15-8-9-21(11-15)17(22)18(2,3)4/h5-7,10,15H,8-9,11H2,1-4H3. The predicted octanol–water partition coefficient (Wildman–Crippen LogP) is 3.07. The van der Waals surface area contributed by atoms with E-state index >= 15 is 0 Å². The summed E-state index contributed by atoms with van der Waals surface area (Å²) in [6, 6.07) is 7.63.